The molecular formula is C14H20N2O. The van der Waals surface area contributed by atoms with E-state index in [0.717, 1.165) is 32.4 Å². The fraction of sp³-hybridized carbons (Fsp3) is 0.571. The van der Waals surface area contributed by atoms with Gasteiger partial charge in [-0.05, 0) is 36.9 Å². The number of aliphatic hydroxyl groups is 1. The molecule has 0 radical (unpaired) electrons. The summed E-state index contributed by atoms with van der Waals surface area (Å²) in [5.74, 6) is 0. The van der Waals surface area contributed by atoms with E-state index in [2.05, 4.69) is 34.9 Å². The Bertz CT molecular complexity index is 388. The summed E-state index contributed by atoms with van der Waals surface area (Å²) >= 11 is 0. The van der Waals surface area contributed by atoms with Crippen LogP contribution in [0.2, 0.25) is 0 Å². The van der Waals surface area contributed by atoms with E-state index in [1.165, 1.54) is 11.1 Å². The summed E-state index contributed by atoms with van der Waals surface area (Å²) < 4.78 is 0. The van der Waals surface area contributed by atoms with Crippen LogP contribution in [-0.4, -0.2) is 23.8 Å². The van der Waals surface area contributed by atoms with Crippen molar-refractivity contribution in [3.8, 4) is 0 Å². The number of hydrogen-bond donors (Lipinski definition) is 3. The van der Waals surface area contributed by atoms with E-state index in [0.29, 0.717) is 12.1 Å². The molecule has 1 saturated carbocycles. The van der Waals surface area contributed by atoms with Gasteiger partial charge in [-0.1, -0.05) is 24.3 Å². The lowest BCUT2D eigenvalue weighted by Crippen LogP contribution is -2.45. The number of hydrogen-bond acceptors (Lipinski definition) is 3. The molecule has 0 spiro atoms. The molecule has 1 aromatic carbocycles. The molecule has 1 unspecified atom stereocenters. The molecule has 17 heavy (non-hydrogen) atoms. The molecule has 1 fully saturated rings. The molecule has 1 heterocycles. The summed E-state index contributed by atoms with van der Waals surface area (Å²) in [5.41, 5.74) is 2.83. The number of aliphatic hydroxyl groups excluding tert-OH is 1. The van der Waals surface area contributed by atoms with Crippen molar-refractivity contribution in [2.45, 2.75) is 44.0 Å². The lowest BCUT2D eigenvalue weighted by molar-refractivity contribution is 0.0572. The first kappa shape index (κ1) is 11.2. The van der Waals surface area contributed by atoms with E-state index in [1.54, 1.807) is 0 Å². The minimum atomic E-state index is -0.0772. The summed E-state index contributed by atoms with van der Waals surface area (Å²) in [4.78, 5) is 0. The number of fused-ring (bicyclic) bond motifs is 1. The molecule has 1 aliphatic heterocycles. The normalized spacial score (nSPS) is 32.4. The van der Waals surface area contributed by atoms with Crippen LogP contribution < -0.4 is 10.6 Å². The molecule has 3 nitrogen and oxygen atoms in total. The topological polar surface area (TPSA) is 44.3 Å². The van der Waals surface area contributed by atoms with Crippen LogP contribution >= 0.6 is 0 Å². The highest BCUT2D eigenvalue weighted by atomic mass is 16.3. The maximum absolute atomic E-state index is 9.35. The van der Waals surface area contributed by atoms with Crippen LogP contribution in [0.5, 0.6) is 0 Å². The van der Waals surface area contributed by atoms with Crippen LogP contribution in [0.25, 0.3) is 0 Å². The smallest absolute Gasteiger partial charge is 0.0570 e. The minimum Gasteiger partial charge on any atom is -0.393 e. The van der Waals surface area contributed by atoms with E-state index >= 15 is 0 Å². The van der Waals surface area contributed by atoms with Gasteiger partial charge in [-0.2, -0.15) is 0 Å². The van der Waals surface area contributed by atoms with Crippen LogP contribution in [0.4, 0.5) is 0 Å². The summed E-state index contributed by atoms with van der Waals surface area (Å²) in [5, 5.41) is 16.5. The minimum absolute atomic E-state index is 0.0772. The molecule has 3 rings (SSSR count). The van der Waals surface area contributed by atoms with Crippen molar-refractivity contribution in [3.05, 3.63) is 35.4 Å². The zero-order valence-electron chi connectivity index (χ0n) is 10.0. The molecule has 1 atom stereocenters. The van der Waals surface area contributed by atoms with E-state index in [-0.39, 0.29) is 6.10 Å². The Morgan fingerprint density at radius 2 is 2.06 bits per heavy atom. The average Bonchev–Trinajstić information content (AvgIpc) is 2.50. The molecule has 0 bridgehead atoms. The van der Waals surface area contributed by atoms with Gasteiger partial charge in [0.2, 0.25) is 0 Å². The van der Waals surface area contributed by atoms with Gasteiger partial charge in [0.25, 0.3) is 0 Å². The monoisotopic (exact) mass is 232 g/mol. The Labute approximate surface area is 102 Å². The average molecular weight is 232 g/mol. The van der Waals surface area contributed by atoms with Crippen molar-refractivity contribution >= 4 is 0 Å². The number of nitrogens with one attached hydrogen (secondary N) is 2. The van der Waals surface area contributed by atoms with Gasteiger partial charge in [0.05, 0.1) is 6.10 Å². The van der Waals surface area contributed by atoms with E-state index in [4.69, 9.17) is 0 Å². The third-order valence-corrected chi connectivity index (χ3v) is 3.91. The quantitative estimate of drug-likeness (QED) is 0.721. The third-order valence-electron chi connectivity index (χ3n) is 3.91. The number of rotatable bonds is 2. The molecule has 92 valence electrons. The zero-order valence-corrected chi connectivity index (χ0v) is 10.0. The van der Waals surface area contributed by atoms with Crippen LogP contribution in [0.3, 0.4) is 0 Å². The highest BCUT2D eigenvalue weighted by Crippen LogP contribution is 2.28. The van der Waals surface area contributed by atoms with Crippen molar-refractivity contribution in [2.75, 3.05) is 6.54 Å². The maximum Gasteiger partial charge on any atom is 0.0570 e. The van der Waals surface area contributed by atoms with Gasteiger partial charge < -0.3 is 15.7 Å². The molecule has 3 heteroatoms. The molecule has 1 aliphatic carbocycles. The lowest BCUT2D eigenvalue weighted by atomic mass is 9.87. The Kier molecular flexibility index (Phi) is 3.14. The van der Waals surface area contributed by atoms with Crippen molar-refractivity contribution in [1.29, 1.82) is 0 Å². The van der Waals surface area contributed by atoms with Gasteiger partial charge in [0, 0.05) is 18.6 Å². The third kappa shape index (κ3) is 2.37. The predicted molar refractivity (Wildman–Crippen MR) is 67.7 cm³/mol. The predicted octanol–water partition coefficient (Wildman–Crippen LogP) is 1.33. The molecule has 0 saturated heterocycles. The molecule has 1 aromatic rings. The van der Waals surface area contributed by atoms with Gasteiger partial charge in [-0.15, -0.1) is 0 Å². The standard InChI is InChI=1S/C14H20N2O/c17-12-7-11(8-12)16-14-5-6-15-9-10-3-1-2-4-13(10)14/h1-4,11-12,14-17H,5-9H2. The first-order valence-electron chi connectivity index (χ1n) is 6.55. The van der Waals surface area contributed by atoms with Crippen molar-refractivity contribution in [1.82, 2.24) is 10.6 Å². The van der Waals surface area contributed by atoms with E-state index in [9.17, 15) is 5.11 Å². The van der Waals surface area contributed by atoms with Crippen LogP contribution in [0.15, 0.2) is 24.3 Å². The van der Waals surface area contributed by atoms with Gasteiger partial charge in [0.15, 0.2) is 0 Å². The van der Waals surface area contributed by atoms with Crippen molar-refractivity contribution < 1.29 is 5.11 Å². The highest BCUT2D eigenvalue weighted by molar-refractivity contribution is 5.31. The fourth-order valence-electron chi connectivity index (χ4n) is 2.84. The Morgan fingerprint density at radius 3 is 2.88 bits per heavy atom. The second-order valence-corrected chi connectivity index (χ2v) is 5.21. The van der Waals surface area contributed by atoms with Crippen LogP contribution in [-0.2, 0) is 6.54 Å². The molecule has 3 N–H and O–H groups in total. The highest BCUT2D eigenvalue weighted by Gasteiger charge is 2.30. The van der Waals surface area contributed by atoms with Gasteiger partial charge in [-0.25, -0.2) is 0 Å². The first-order chi connectivity index (χ1) is 8.33. The van der Waals surface area contributed by atoms with Gasteiger partial charge >= 0.3 is 0 Å². The number of benzene rings is 1. The lowest BCUT2D eigenvalue weighted by Gasteiger charge is -2.35. The van der Waals surface area contributed by atoms with Crippen LogP contribution in [0.1, 0.15) is 36.4 Å². The van der Waals surface area contributed by atoms with Gasteiger partial charge in [-0.3, -0.25) is 0 Å². The summed E-state index contributed by atoms with van der Waals surface area (Å²) in [7, 11) is 0. The van der Waals surface area contributed by atoms with Crippen LogP contribution in [0, 0.1) is 0 Å². The van der Waals surface area contributed by atoms with E-state index < -0.39 is 0 Å². The Morgan fingerprint density at radius 1 is 1.24 bits per heavy atom. The maximum atomic E-state index is 9.35. The summed E-state index contributed by atoms with van der Waals surface area (Å²) in [6.45, 7) is 2.03. The molecular weight excluding hydrogens is 212 g/mol. The molecule has 2 aliphatic rings. The Balaban J connectivity index is 1.75. The SMILES string of the molecule is OC1CC(NC2CCNCc3ccccc32)C1. The van der Waals surface area contributed by atoms with Gasteiger partial charge in [0.1, 0.15) is 0 Å². The van der Waals surface area contributed by atoms with E-state index in [1.807, 2.05) is 0 Å². The first-order valence-corrected chi connectivity index (χ1v) is 6.55. The molecule has 0 aromatic heterocycles. The second kappa shape index (κ2) is 4.77. The fourth-order valence-corrected chi connectivity index (χ4v) is 2.84. The summed E-state index contributed by atoms with van der Waals surface area (Å²) in [6.07, 6.45) is 2.87. The van der Waals surface area contributed by atoms with Crippen molar-refractivity contribution in [3.63, 3.8) is 0 Å². The largest absolute Gasteiger partial charge is 0.393 e. The zero-order chi connectivity index (χ0) is 11.7. The molecule has 0 amide bonds. The van der Waals surface area contributed by atoms with Crippen molar-refractivity contribution in [2.24, 2.45) is 0 Å². The second-order valence-electron chi connectivity index (χ2n) is 5.21. The summed E-state index contributed by atoms with van der Waals surface area (Å²) in [6, 6.07) is 9.61. The Hall–Kier alpha value is -0.900.